The third-order valence-electron chi connectivity index (χ3n) is 2.22. The summed E-state index contributed by atoms with van der Waals surface area (Å²) in [4.78, 5) is 21.9. The van der Waals surface area contributed by atoms with Gasteiger partial charge in [-0.3, -0.25) is 9.59 Å². The lowest BCUT2D eigenvalue weighted by Gasteiger charge is -2.06. The first-order chi connectivity index (χ1) is 9.47. The summed E-state index contributed by atoms with van der Waals surface area (Å²) in [6.45, 7) is 0.0399. The second kappa shape index (κ2) is 9.06. The third-order valence-corrected chi connectivity index (χ3v) is 2.72. The number of hydrogen-bond donors (Lipinski definition) is 0. The zero-order chi connectivity index (χ0) is 15.0. The molecule has 1 rings (SSSR count). The number of alkyl halides is 2. The van der Waals surface area contributed by atoms with Crippen molar-refractivity contribution in [2.24, 2.45) is 0 Å². The number of benzene rings is 1. The fourth-order valence-corrected chi connectivity index (χ4v) is 1.50. The molecule has 0 bridgehead atoms. The Morgan fingerprint density at radius 2 is 1.55 bits per heavy atom. The van der Waals surface area contributed by atoms with E-state index >= 15 is 0 Å². The molecule has 0 radical (unpaired) electrons. The summed E-state index contributed by atoms with van der Waals surface area (Å²) in [6.07, 6.45) is -0.123. The summed E-state index contributed by atoms with van der Waals surface area (Å²) in [7, 11) is 0. The first kappa shape index (κ1) is 17.1. The molecule has 0 heterocycles. The fourth-order valence-electron chi connectivity index (χ4n) is 1.25. The molecule has 110 valence electrons. The first-order valence-electron chi connectivity index (χ1n) is 5.81. The molecule has 0 fully saturated rings. The van der Waals surface area contributed by atoms with Gasteiger partial charge in [-0.15, -0.1) is 23.2 Å². The lowest BCUT2D eigenvalue weighted by Crippen LogP contribution is -2.13. The van der Waals surface area contributed by atoms with Crippen LogP contribution in [0.4, 0.5) is 0 Å². The quantitative estimate of drug-likeness (QED) is 0.563. The van der Waals surface area contributed by atoms with Crippen LogP contribution in [-0.4, -0.2) is 23.4 Å². The molecule has 0 saturated carbocycles. The van der Waals surface area contributed by atoms with E-state index in [0.29, 0.717) is 5.02 Å². The molecule has 0 spiro atoms. The van der Waals surface area contributed by atoms with E-state index in [1.54, 1.807) is 24.3 Å². The van der Waals surface area contributed by atoms with Crippen LogP contribution in [0.15, 0.2) is 24.3 Å². The smallest absolute Gasteiger partial charge is 0.306 e. The van der Waals surface area contributed by atoms with Crippen LogP contribution in [0.3, 0.4) is 0 Å². The van der Waals surface area contributed by atoms with Crippen molar-refractivity contribution in [1.29, 1.82) is 0 Å². The Labute approximate surface area is 131 Å². The summed E-state index contributed by atoms with van der Waals surface area (Å²) in [5.41, 5.74) is 0.817. The van der Waals surface area contributed by atoms with Gasteiger partial charge in [-0.25, -0.2) is 0 Å². The van der Waals surface area contributed by atoms with Crippen LogP contribution in [0.2, 0.25) is 5.02 Å². The van der Waals surface area contributed by atoms with E-state index in [1.807, 2.05) is 0 Å². The zero-order valence-electron chi connectivity index (χ0n) is 10.5. The Morgan fingerprint density at radius 3 is 2.10 bits per heavy atom. The lowest BCUT2D eigenvalue weighted by molar-refractivity contribution is -0.150. The van der Waals surface area contributed by atoms with E-state index in [2.05, 4.69) is 0 Å². The molecule has 4 nitrogen and oxygen atoms in total. The Morgan fingerprint density at radius 1 is 1.00 bits per heavy atom. The monoisotopic (exact) mass is 338 g/mol. The maximum absolute atomic E-state index is 11.4. The van der Waals surface area contributed by atoms with Gasteiger partial charge in [0.25, 0.3) is 0 Å². The lowest BCUT2D eigenvalue weighted by atomic mass is 10.2. The average molecular weight is 340 g/mol. The highest BCUT2D eigenvalue weighted by Crippen LogP contribution is 2.11. The fraction of sp³-hybridized carbons (Fsp3) is 0.385. The maximum Gasteiger partial charge on any atom is 0.306 e. The molecule has 7 heteroatoms. The maximum atomic E-state index is 11.4. The Balaban J connectivity index is 2.20. The van der Waals surface area contributed by atoms with Gasteiger partial charge in [0.2, 0.25) is 0 Å². The Kier molecular flexibility index (Phi) is 7.73. The largest absolute Gasteiger partial charge is 0.463 e. The van der Waals surface area contributed by atoms with Gasteiger partial charge in [0.1, 0.15) is 18.1 Å². The molecule has 0 aliphatic heterocycles. The minimum Gasteiger partial charge on any atom is -0.463 e. The second-order valence-corrected chi connectivity index (χ2v) is 5.57. The van der Waals surface area contributed by atoms with Crippen molar-refractivity contribution in [1.82, 2.24) is 0 Å². The van der Waals surface area contributed by atoms with Crippen molar-refractivity contribution in [2.45, 2.75) is 24.3 Å². The number of esters is 2. The molecule has 0 aromatic heterocycles. The SMILES string of the molecule is O=C(CCC(=O)OCC(Cl)Cl)OCc1ccc(Cl)cc1. The van der Waals surface area contributed by atoms with Crippen LogP contribution in [0.1, 0.15) is 18.4 Å². The highest BCUT2D eigenvalue weighted by atomic mass is 35.5. The average Bonchev–Trinajstić information content (AvgIpc) is 2.42. The summed E-state index contributed by atoms with van der Waals surface area (Å²) >= 11 is 16.5. The van der Waals surface area contributed by atoms with Crippen molar-refractivity contribution in [3.8, 4) is 0 Å². The molecule has 0 N–H and O–H groups in total. The van der Waals surface area contributed by atoms with Crippen molar-refractivity contribution in [3.05, 3.63) is 34.9 Å². The van der Waals surface area contributed by atoms with Gasteiger partial charge in [0, 0.05) is 5.02 Å². The third kappa shape index (κ3) is 7.58. The van der Waals surface area contributed by atoms with E-state index in [-0.39, 0.29) is 26.1 Å². The van der Waals surface area contributed by atoms with Gasteiger partial charge in [-0.2, -0.15) is 0 Å². The second-order valence-electron chi connectivity index (χ2n) is 3.86. The van der Waals surface area contributed by atoms with E-state index in [0.717, 1.165) is 5.56 Å². The summed E-state index contributed by atoms with van der Waals surface area (Å²) in [5.74, 6) is -1.02. The standard InChI is InChI=1S/C13H13Cl3O4/c14-10-3-1-9(2-4-10)7-19-12(17)5-6-13(18)20-8-11(15)16/h1-4,11H,5-8H2. The van der Waals surface area contributed by atoms with Crippen LogP contribution < -0.4 is 0 Å². The molecule has 1 aromatic rings. The topological polar surface area (TPSA) is 52.6 Å². The normalized spacial score (nSPS) is 10.4. The van der Waals surface area contributed by atoms with Gasteiger partial charge in [-0.1, -0.05) is 23.7 Å². The molecule has 0 atom stereocenters. The van der Waals surface area contributed by atoms with Crippen molar-refractivity contribution < 1.29 is 19.1 Å². The predicted octanol–water partition coefficient (Wildman–Crippen LogP) is 3.51. The molecule has 0 unspecified atom stereocenters. The van der Waals surface area contributed by atoms with Gasteiger partial charge in [-0.05, 0) is 17.7 Å². The molecule has 0 saturated heterocycles. The number of ether oxygens (including phenoxy) is 2. The number of rotatable bonds is 7. The van der Waals surface area contributed by atoms with Crippen LogP contribution in [0, 0.1) is 0 Å². The van der Waals surface area contributed by atoms with E-state index in [1.165, 1.54) is 0 Å². The van der Waals surface area contributed by atoms with Crippen LogP contribution in [0.5, 0.6) is 0 Å². The van der Waals surface area contributed by atoms with Gasteiger partial charge in [0.15, 0.2) is 0 Å². The molecule has 0 aliphatic carbocycles. The summed E-state index contributed by atoms with van der Waals surface area (Å²) in [6, 6.07) is 6.92. The van der Waals surface area contributed by atoms with Crippen LogP contribution >= 0.6 is 34.8 Å². The Bertz CT molecular complexity index is 445. The minimum atomic E-state index is -0.768. The Hall–Kier alpha value is -0.970. The van der Waals surface area contributed by atoms with Gasteiger partial charge >= 0.3 is 11.9 Å². The van der Waals surface area contributed by atoms with Crippen molar-refractivity contribution in [3.63, 3.8) is 0 Å². The van der Waals surface area contributed by atoms with Gasteiger partial charge in [0.05, 0.1) is 12.8 Å². The zero-order valence-corrected chi connectivity index (χ0v) is 12.7. The van der Waals surface area contributed by atoms with E-state index in [9.17, 15) is 9.59 Å². The predicted molar refractivity (Wildman–Crippen MR) is 76.9 cm³/mol. The number of carbonyl (C=O) groups is 2. The summed E-state index contributed by atoms with van der Waals surface area (Å²) < 4.78 is 9.71. The van der Waals surface area contributed by atoms with E-state index in [4.69, 9.17) is 44.3 Å². The van der Waals surface area contributed by atoms with Crippen molar-refractivity contribution >= 4 is 46.7 Å². The molecule has 0 amide bonds. The molecular formula is C13H13Cl3O4. The van der Waals surface area contributed by atoms with Gasteiger partial charge < -0.3 is 9.47 Å². The highest BCUT2D eigenvalue weighted by Gasteiger charge is 2.10. The minimum absolute atomic E-state index is 0.0539. The molecule has 1 aromatic carbocycles. The van der Waals surface area contributed by atoms with Crippen LogP contribution in [0.25, 0.3) is 0 Å². The van der Waals surface area contributed by atoms with Crippen molar-refractivity contribution in [2.75, 3.05) is 6.61 Å². The van der Waals surface area contributed by atoms with E-state index < -0.39 is 16.8 Å². The van der Waals surface area contributed by atoms with Crippen LogP contribution in [-0.2, 0) is 25.7 Å². The molecular weight excluding hydrogens is 326 g/mol. The summed E-state index contributed by atoms with van der Waals surface area (Å²) in [5, 5.41) is 0.611. The number of halogens is 3. The number of carbonyl (C=O) groups excluding carboxylic acids is 2. The number of hydrogen-bond acceptors (Lipinski definition) is 4. The molecule has 20 heavy (non-hydrogen) atoms. The molecule has 0 aliphatic rings. The highest BCUT2D eigenvalue weighted by molar-refractivity contribution is 6.44. The first-order valence-corrected chi connectivity index (χ1v) is 7.06.